The smallest absolute Gasteiger partial charge is 0.270 e. The van der Waals surface area contributed by atoms with Crippen molar-refractivity contribution in [2.45, 2.75) is 24.8 Å². The molecule has 1 aromatic carbocycles. The summed E-state index contributed by atoms with van der Waals surface area (Å²) >= 11 is 0. The van der Waals surface area contributed by atoms with Crippen molar-refractivity contribution in [2.75, 3.05) is 5.32 Å². The van der Waals surface area contributed by atoms with Crippen molar-refractivity contribution in [3.8, 4) is 11.1 Å². The first-order valence-corrected chi connectivity index (χ1v) is 9.36. The van der Waals surface area contributed by atoms with Gasteiger partial charge in [-0.2, -0.15) is 0 Å². The molecule has 0 unspecified atom stereocenters. The second kappa shape index (κ2) is 7.98. The number of nitrogens with zero attached hydrogens (tertiary/aromatic N) is 2. The van der Waals surface area contributed by atoms with Crippen LogP contribution in [0, 0.1) is 0 Å². The third-order valence-electron chi connectivity index (χ3n) is 4.78. The highest BCUT2D eigenvalue weighted by Crippen LogP contribution is 2.37. The molecule has 4 rings (SSSR count). The summed E-state index contributed by atoms with van der Waals surface area (Å²) in [7, 11) is 0. The quantitative estimate of drug-likeness (QED) is 0.670. The fraction of sp³-hybridized carbons (Fsp3) is 0.182. The Labute approximate surface area is 171 Å². The second-order valence-corrected chi connectivity index (χ2v) is 7.15. The van der Waals surface area contributed by atoms with Crippen molar-refractivity contribution < 1.29 is 18.4 Å². The zero-order chi connectivity index (χ0) is 21.1. The van der Waals surface area contributed by atoms with E-state index in [1.54, 1.807) is 12.3 Å². The predicted molar refractivity (Wildman–Crippen MR) is 107 cm³/mol. The zero-order valence-corrected chi connectivity index (χ0v) is 15.8. The highest BCUT2D eigenvalue weighted by molar-refractivity contribution is 6.05. The number of aromatic nitrogens is 2. The number of carbonyl (C=O) groups excluding carboxylic acids is 2. The monoisotopic (exact) mass is 408 g/mol. The number of hydrogen-bond donors (Lipinski definition) is 2. The summed E-state index contributed by atoms with van der Waals surface area (Å²) in [5.41, 5.74) is 2.53. The Balaban J connectivity index is 1.44. The maximum Gasteiger partial charge on any atom is 0.270 e. The third-order valence-corrected chi connectivity index (χ3v) is 4.78. The Kier molecular flexibility index (Phi) is 5.22. The summed E-state index contributed by atoms with van der Waals surface area (Å²) in [6.07, 6.45) is 3.78. The van der Waals surface area contributed by atoms with E-state index >= 15 is 0 Å². The van der Waals surface area contributed by atoms with Gasteiger partial charge in [-0.05, 0) is 23.8 Å². The highest BCUT2D eigenvalue weighted by atomic mass is 19.3. The number of nitrogens with one attached hydrogen (secondary N) is 2. The number of halogens is 2. The lowest BCUT2D eigenvalue weighted by Gasteiger charge is -2.35. The summed E-state index contributed by atoms with van der Waals surface area (Å²) in [5.74, 6) is -3.75. The van der Waals surface area contributed by atoms with Crippen LogP contribution in [-0.2, 0) is 0 Å². The van der Waals surface area contributed by atoms with Crippen LogP contribution in [0.3, 0.4) is 0 Å². The van der Waals surface area contributed by atoms with Crippen molar-refractivity contribution in [3.63, 3.8) is 0 Å². The molecular formula is C22H18F2N4O2. The van der Waals surface area contributed by atoms with E-state index in [2.05, 4.69) is 20.6 Å². The molecule has 0 aliphatic heterocycles. The van der Waals surface area contributed by atoms with Crippen molar-refractivity contribution in [1.82, 2.24) is 15.3 Å². The number of amides is 2. The molecule has 1 aliphatic carbocycles. The Morgan fingerprint density at radius 1 is 0.967 bits per heavy atom. The van der Waals surface area contributed by atoms with Gasteiger partial charge in [-0.15, -0.1) is 0 Å². The van der Waals surface area contributed by atoms with E-state index in [4.69, 9.17) is 0 Å². The minimum absolute atomic E-state index is 0.00553. The molecule has 152 valence electrons. The van der Waals surface area contributed by atoms with Crippen LogP contribution in [0.4, 0.5) is 14.5 Å². The largest absolute Gasteiger partial charge is 0.348 e. The molecule has 1 saturated carbocycles. The van der Waals surface area contributed by atoms with E-state index in [0.717, 1.165) is 11.1 Å². The molecule has 30 heavy (non-hydrogen) atoms. The van der Waals surface area contributed by atoms with Gasteiger partial charge >= 0.3 is 0 Å². The van der Waals surface area contributed by atoms with Crippen molar-refractivity contribution in [2.24, 2.45) is 0 Å². The first-order valence-electron chi connectivity index (χ1n) is 9.36. The lowest BCUT2D eigenvalue weighted by molar-refractivity contribution is -0.0901. The van der Waals surface area contributed by atoms with E-state index in [0.29, 0.717) is 5.69 Å². The lowest BCUT2D eigenvalue weighted by atomic mass is 9.88. The van der Waals surface area contributed by atoms with Crippen LogP contribution in [-0.4, -0.2) is 33.7 Å². The van der Waals surface area contributed by atoms with Gasteiger partial charge in [-0.3, -0.25) is 19.6 Å². The summed E-state index contributed by atoms with van der Waals surface area (Å²) in [6, 6.07) is 13.6. The van der Waals surface area contributed by atoms with Crippen molar-refractivity contribution in [3.05, 3.63) is 78.4 Å². The SMILES string of the molecule is O=C(Nc1cncc(-c2ccccc2)c1)c1ccnc(C(=O)NC2CC(F)(F)C2)c1. The minimum Gasteiger partial charge on any atom is -0.348 e. The molecule has 2 N–H and O–H groups in total. The predicted octanol–water partition coefficient (Wildman–Crippen LogP) is 3.92. The number of rotatable bonds is 5. The summed E-state index contributed by atoms with van der Waals surface area (Å²) in [5, 5.41) is 5.25. The van der Waals surface area contributed by atoms with Gasteiger partial charge in [0.05, 0.1) is 11.9 Å². The van der Waals surface area contributed by atoms with E-state index < -0.39 is 23.8 Å². The first kappa shape index (κ1) is 19.6. The average Bonchev–Trinajstić information content (AvgIpc) is 2.73. The summed E-state index contributed by atoms with van der Waals surface area (Å²) in [4.78, 5) is 32.9. The van der Waals surface area contributed by atoms with Crippen molar-refractivity contribution in [1.29, 1.82) is 0 Å². The molecule has 0 saturated heterocycles. The Morgan fingerprint density at radius 3 is 2.47 bits per heavy atom. The third kappa shape index (κ3) is 4.48. The molecule has 2 heterocycles. The van der Waals surface area contributed by atoms with Crippen molar-refractivity contribution >= 4 is 17.5 Å². The van der Waals surface area contributed by atoms with Crippen LogP contribution >= 0.6 is 0 Å². The van der Waals surface area contributed by atoms with Gasteiger partial charge in [0.2, 0.25) is 0 Å². The van der Waals surface area contributed by atoms with Crippen LogP contribution in [0.25, 0.3) is 11.1 Å². The first-order chi connectivity index (χ1) is 14.4. The highest BCUT2D eigenvalue weighted by Gasteiger charge is 2.46. The molecule has 1 fully saturated rings. The molecule has 0 spiro atoms. The summed E-state index contributed by atoms with van der Waals surface area (Å²) < 4.78 is 25.9. The standard InChI is InChI=1S/C22H18F2N4O2/c23-22(24)10-18(11-22)28-21(30)19-9-15(6-7-26-19)20(29)27-17-8-16(12-25-13-17)14-4-2-1-3-5-14/h1-9,12-13,18H,10-11H2,(H,27,29)(H,28,30). The van der Waals surface area contributed by atoms with Gasteiger partial charge in [0.25, 0.3) is 17.7 Å². The molecule has 6 nitrogen and oxygen atoms in total. The molecular weight excluding hydrogens is 390 g/mol. The Morgan fingerprint density at radius 2 is 1.73 bits per heavy atom. The fourth-order valence-electron chi connectivity index (χ4n) is 3.22. The van der Waals surface area contributed by atoms with Crippen LogP contribution in [0.15, 0.2) is 67.1 Å². The Bertz CT molecular complexity index is 1080. The van der Waals surface area contributed by atoms with E-state index in [1.165, 1.54) is 24.5 Å². The second-order valence-electron chi connectivity index (χ2n) is 7.15. The van der Waals surface area contributed by atoms with Gasteiger partial charge in [-0.1, -0.05) is 30.3 Å². The molecule has 8 heteroatoms. The van der Waals surface area contributed by atoms with E-state index in [-0.39, 0.29) is 24.1 Å². The van der Waals surface area contributed by atoms with Gasteiger partial charge in [-0.25, -0.2) is 8.78 Å². The number of pyridine rings is 2. The van der Waals surface area contributed by atoms with Crippen LogP contribution < -0.4 is 10.6 Å². The molecule has 1 aliphatic rings. The topological polar surface area (TPSA) is 84.0 Å². The molecule has 0 atom stereocenters. The van der Waals surface area contributed by atoms with E-state index in [9.17, 15) is 18.4 Å². The van der Waals surface area contributed by atoms with Crippen LogP contribution in [0.2, 0.25) is 0 Å². The maximum atomic E-state index is 12.9. The maximum absolute atomic E-state index is 12.9. The molecule has 0 bridgehead atoms. The van der Waals surface area contributed by atoms with Gasteiger partial charge < -0.3 is 10.6 Å². The molecule has 2 amide bonds. The fourth-order valence-corrected chi connectivity index (χ4v) is 3.22. The zero-order valence-electron chi connectivity index (χ0n) is 15.8. The number of benzene rings is 1. The van der Waals surface area contributed by atoms with Gasteiger partial charge in [0.1, 0.15) is 5.69 Å². The van der Waals surface area contributed by atoms with Gasteiger partial charge in [0.15, 0.2) is 0 Å². The minimum atomic E-state index is -2.73. The molecule has 3 aromatic rings. The molecule has 2 aromatic heterocycles. The summed E-state index contributed by atoms with van der Waals surface area (Å²) in [6.45, 7) is 0. The molecule has 0 radical (unpaired) electrons. The van der Waals surface area contributed by atoms with Gasteiger partial charge in [0, 0.05) is 42.4 Å². The average molecular weight is 408 g/mol. The number of carbonyl (C=O) groups is 2. The Hall–Kier alpha value is -3.68. The van der Waals surface area contributed by atoms with Crippen LogP contribution in [0.5, 0.6) is 0 Å². The van der Waals surface area contributed by atoms with Crippen LogP contribution in [0.1, 0.15) is 33.7 Å². The lowest BCUT2D eigenvalue weighted by Crippen LogP contribution is -2.50. The number of anilines is 1. The van der Waals surface area contributed by atoms with E-state index in [1.807, 2.05) is 30.3 Å². The number of alkyl halides is 2. The normalized spacial score (nSPS) is 15.1. The number of hydrogen-bond acceptors (Lipinski definition) is 4.